The Labute approximate surface area is 105 Å². The van der Waals surface area contributed by atoms with Crippen molar-refractivity contribution in [2.24, 2.45) is 0 Å². The van der Waals surface area contributed by atoms with E-state index >= 15 is 0 Å². The van der Waals surface area contributed by atoms with E-state index in [4.69, 9.17) is 5.11 Å². The SMILES string of the molecule is Cl.O=C(O)[C@@H]1CCCN1C(=O)c1cccnc1. The molecule has 0 saturated carbocycles. The van der Waals surface area contributed by atoms with Gasteiger partial charge < -0.3 is 10.0 Å². The van der Waals surface area contributed by atoms with Crippen LogP contribution in [0, 0.1) is 0 Å². The van der Waals surface area contributed by atoms with Crippen molar-refractivity contribution in [3.8, 4) is 0 Å². The van der Waals surface area contributed by atoms with Crippen LogP contribution in [0.2, 0.25) is 0 Å². The Morgan fingerprint density at radius 3 is 2.82 bits per heavy atom. The summed E-state index contributed by atoms with van der Waals surface area (Å²) in [7, 11) is 0. The molecule has 0 unspecified atom stereocenters. The van der Waals surface area contributed by atoms with Gasteiger partial charge in [0.1, 0.15) is 6.04 Å². The van der Waals surface area contributed by atoms with Gasteiger partial charge in [-0.15, -0.1) is 12.4 Å². The summed E-state index contributed by atoms with van der Waals surface area (Å²) in [6, 6.07) is 2.62. The van der Waals surface area contributed by atoms with Gasteiger partial charge in [0.2, 0.25) is 0 Å². The predicted octanol–water partition coefficient (Wildman–Crippen LogP) is 1.19. The maximum Gasteiger partial charge on any atom is 0.326 e. The molecule has 1 saturated heterocycles. The number of carboxylic acids is 1. The van der Waals surface area contributed by atoms with Gasteiger partial charge >= 0.3 is 5.97 Å². The molecule has 17 heavy (non-hydrogen) atoms. The normalized spacial score (nSPS) is 18.6. The number of rotatable bonds is 2. The average molecular weight is 257 g/mol. The van der Waals surface area contributed by atoms with Crippen molar-refractivity contribution in [1.29, 1.82) is 0 Å². The van der Waals surface area contributed by atoms with E-state index in [9.17, 15) is 9.59 Å². The molecule has 0 bridgehead atoms. The maximum absolute atomic E-state index is 12.0. The minimum atomic E-state index is -0.935. The van der Waals surface area contributed by atoms with Crippen molar-refractivity contribution < 1.29 is 14.7 Å². The molecule has 1 atom stereocenters. The molecule has 1 fully saturated rings. The highest BCUT2D eigenvalue weighted by Gasteiger charge is 2.34. The second-order valence-corrected chi connectivity index (χ2v) is 3.74. The van der Waals surface area contributed by atoms with Crippen LogP contribution in [-0.4, -0.2) is 39.5 Å². The molecule has 1 N–H and O–H groups in total. The fraction of sp³-hybridized carbons (Fsp3) is 0.364. The molecule has 1 aromatic rings. The van der Waals surface area contributed by atoms with Crippen LogP contribution >= 0.6 is 12.4 Å². The molecule has 0 radical (unpaired) electrons. The van der Waals surface area contributed by atoms with Crippen LogP contribution in [0.1, 0.15) is 23.2 Å². The fourth-order valence-corrected chi connectivity index (χ4v) is 1.92. The molecule has 0 aliphatic carbocycles. The second-order valence-electron chi connectivity index (χ2n) is 3.74. The third-order valence-electron chi connectivity index (χ3n) is 2.71. The molecule has 1 aliphatic heterocycles. The first-order chi connectivity index (χ1) is 7.70. The van der Waals surface area contributed by atoms with Crippen LogP contribution in [0.15, 0.2) is 24.5 Å². The van der Waals surface area contributed by atoms with E-state index in [0.29, 0.717) is 18.5 Å². The van der Waals surface area contributed by atoms with Gasteiger partial charge in [0.25, 0.3) is 5.91 Å². The number of carbonyl (C=O) groups excluding carboxylic acids is 1. The molecule has 1 aromatic heterocycles. The lowest BCUT2D eigenvalue weighted by atomic mass is 10.2. The first-order valence-electron chi connectivity index (χ1n) is 5.14. The molecule has 2 heterocycles. The molecule has 6 heteroatoms. The Bertz CT molecular complexity index is 410. The van der Waals surface area contributed by atoms with Crippen molar-refractivity contribution in [3.63, 3.8) is 0 Å². The van der Waals surface area contributed by atoms with Crippen molar-refractivity contribution in [3.05, 3.63) is 30.1 Å². The molecule has 0 spiro atoms. The standard InChI is InChI=1S/C11H12N2O3.ClH/c14-10(8-3-1-5-12-7-8)13-6-2-4-9(13)11(15)16;/h1,3,5,7,9H,2,4,6H2,(H,15,16);1H/t9-;/m0./s1. The van der Waals surface area contributed by atoms with Gasteiger partial charge in [0.15, 0.2) is 0 Å². The lowest BCUT2D eigenvalue weighted by Crippen LogP contribution is -2.40. The van der Waals surface area contributed by atoms with Crippen LogP contribution in [-0.2, 0) is 4.79 Å². The summed E-state index contributed by atoms with van der Waals surface area (Å²) in [4.78, 5) is 28.2. The summed E-state index contributed by atoms with van der Waals surface area (Å²) >= 11 is 0. The van der Waals surface area contributed by atoms with Gasteiger partial charge in [-0.3, -0.25) is 9.78 Å². The van der Waals surface area contributed by atoms with Crippen LogP contribution < -0.4 is 0 Å². The number of pyridine rings is 1. The molecular formula is C11H13ClN2O3. The third kappa shape index (κ3) is 2.74. The number of aliphatic carboxylic acids is 1. The molecular weight excluding hydrogens is 244 g/mol. The summed E-state index contributed by atoms with van der Waals surface area (Å²) < 4.78 is 0. The first kappa shape index (κ1) is 13.4. The van der Waals surface area contributed by atoms with E-state index in [1.54, 1.807) is 18.3 Å². The number of hydrogen-bond acceptors (Lipinski definition) is 3. The van der Waals surface area contributed by atoms with E-state index in [-0.39, 0.29) is 18.3 Å². The van der Waals surface area contributed by atoms with Gasteiger partial charge in [-0.2, -0.15) is 0 Å². The number of halogens is 1. The van der Waals surface area contributed by atoms with E-state index in [2.05, 4.69) is 4.98 Å². The number of carbonyl (C=O) groups is 2. The zero-order valence-corrected chi connectivity index (χ0v) is 9.89. The highest BCUT2D eigenvalue weighted by atomic mass is 35.5. The number of nitrogens with zero attached hydrogens (tertiary/aromatic N) is 2. The Hall–Kier alpha value is -1.62. The number of likely N-dealkylation sites (tertiary alicyclic amines) is 1. The molecule has 5 nitrogen and oxygen atoms in total. The van der Waals surface area contributed by atoms with Crippen LogP contribution in [0.5, 0.6) is 0 Å². The zero-order valence-electron chi connectivity index (χ0n) is 9.07. The molecule has 0 aromatic carbocycles. The molecule has 2 rings (SSSR count). The van der Waals surface area contributed by atoms with Gasteiger partial charge in [-0.1, -0.05) is 0 Å². The number of carboxylic acid groups (broad SMARTS) is 1. The maximum atomic E-state index is 12.0. The molecule has 1 aliphatic rings. The largest absolute Gasteiger partial charge is 0.480 e. The minimum absolute atomic E-state index is 0. The smallest absolute Gasteiger partial charge is 0.326 e. The summed E-state index contributed by atoms with van der Waals surface area (Å²) in [6.45, 7) is 0.505. The quantitative estimate of drug-likeness (QED) is 0.863. The third-order valence-corrected chi connectivity index (χ3v) is 2.71. The van der Waals surface area contributed by atoms with Crippen molar-refractivity contribution in [2.75, 3.05) is 6.54 Å². The minimum Gasteiger partial charge on any atom is -0.480 e. The van der Waals surface area contributed by atoms with Crippen molar-refractivity contribution in [1.82, 2.24) is 9.88 Å². The van der Waals surface area contributed by atoms with Gasteiger partial charge in [0, 0.05) is 18.9 Å². The average Bonchev–Trinajstić information content (AvgIpc) is 2.78. The summed E-state index contributed by atoms with van der Waals surface area (Å²) in [5.74, 6) is -1.19. The predicted molar refractivity (Wildman–Crippen MR) is 63.2 cm³/mol. The Morgan fingerprint density at radius 1 is 1.47 bits per heavy atom. The monoisotopic (exact) mass is 256 g/mol. The Morgan fingerprint density at radius 2 is 2.24 bits per heavy atom. The lowest BCUT2D eigenvalue weighted by Gasteiger charge is -2.21. The van der Waals surface area contributed by atoms with Crippen LogP contribution in [0.3, 0.4) is 0 Å². The summed E-state index contributed by atoms with van der Waals surface area (Å²) in [5.41, 5.74) is 0.440. The highest BCUT2D eigenvalue weighted by molar-refractivity contribution is 5.96. The molecule has 1 amide bonds. The van der Waals surface area contributed by atoms with Crippen LogP contribution in [0.25, 0.3) is 0 Å². The van der Waals surface area contributed by atoms with E-state index < -0.39 is 12.0 Å². The van der Waals surface area contributed by atoms with Gasteiger partial charge in [-0.25, -0.2) is 4.79 Å². The zero-order chi connectivity index (χ0) is 11.5. The Kier molecular flexibility index (Phi) is 4.45. The van der Waals surface area contributed by atoms with E-state index in [1.165, 1.54) is 11.1 Å². The second kappa shape index (κ2) is 5.63. The van der Waals surface area contributed by atoms with Gasteiger partial charge in [0.05, 0.1) is 5.56 Å². The van der Waals surface area contributed by atoms with E-state index in [0.717, 1.165) is 6.42 Å². The number of aromatic nitrogens is 1. The van der Waals surface area contributed by atoms with Crippen molar-refractivity contribution >= 4 is 24.3 Å². The highest BCUT2D eigenvalue weighted by Crippen LogP contribution is 2.19. The Balaban J connectivity index is 0.00000144. The van der Waals surface area contributed by atoms with Crippen LogP contribution in [0.4, 0.5) is 0 Å². The molecule has 92 valence electrons. The topological polar surface area (TPSA) is 70.5 Å². The number of amides is 1. The summed E-state index contributed by atoms with van der Waals surface area (Å²) in [6.07, 6.45) is 4.30. The van der Waals surface area contributed by atoms with Crippen molar-refractivity contribution in [2.45, 2.75) is 18.9 Å². The first-order valence-corrected chi connectivity index (χ1v) is 5.14. The van der Waals surface area contributed by atoms with E-state index in [1.807, 2.05) is 0 Å². The number of hydrogen-bond donors (Lipinski definition) is 1. The summed E-state index contributed by atoms with van der Waals surface area (Å²) in [5, 5.41) is 8.97. The fourth-order valence-electron chi connectivity index (χ4n) is 1.92. The lowest BCUT2D eigenvalue weighted by molar-refractivity contribution is -0.141. The van der Waals surface area contributed by atoms with Gasteiger partial charge in [-0.05, 0) is 25.0 Å².